The summed E-state index contributed by atoms with van der Waals surface area (Å²) in [6.07, 6.45) is 4.94. The van der Waals surface area contributed by atoms with E-state index in [-0.39, 0.29) is 0 Å². The zero-order valence-corrected chi connectivity index (χ0v) is 12.4. The zero-order valence-electron chi connectivity index (χ0n) is 12.4. The molecule has 112 valence electrons. The van der Waals surface area contributed by atoms with Crippen LogP contribution < -0.4 is 10.6 Å². The van der Waals surface area contributed by atoms with E-state index in [0.717, 1.165) is 25.5 Å². The first-order chi connectivity index (χ1) is 9.20. The van der Waals surface area contributed by atoms with Gasteiger partial charge in [0.05, 0.1) is 12.1 Å². The van der Waals surface area contributed by atoms with Gasteiger partial charge in [0, 0.05) is 39.1 Å². The Labute approximate surface area is 116 Å². The zero-order chi connectivity index (χ0) is 14.0. The summed E-state index contributed by atoms with van der Waals surface area (Å²) >= 11 is 0. The van der Waals surface area contributed by atoms with Crippen molar-refractivity contribution < 1.29 is 9.84 Å². The largest absolute Gasteiger partial charge is 0.388 e. The van der Waals surface area contributed by atoms with Crippen molar-refractivity contribution in [2.24, 2.45) is 4.99 Å². The fourth-order valence-electron chi connectivity index (χ4n) is 2.06. The minimum Gasteiger partial charge on any atom is -0.388 e. The highest BCUT2D eigenvalue weighted by Crippen LogP contribution is 2.20. The Balaban J connectivity index is 2.38. The van der Waals surface area contributed by atoms with Gasteiger partial charge in [0.1, 0.15) is 0 Å². The average molecular weight is 271 g/mol. The lowest BCUT2D eigenvalue weighted by molar-refractivity contribution is -0.0565. The Morgan fingerprint density at radius 1 is 1.21 bits per heavy atom. The summed E-state index contributed by atoms with van der Waals surface area (Å²) in [6.45, 7) is 7.72. The molecular formula is C14H29N3O2. The number of aliphatic hydroxyl groups is 1. The molecule has 5 nitrogen and oxygen atoms in total. The highest BCUT2D eigenvalue weighted by atomic mass is 16.5. The van der Waals surface area contributed by atoms with Crippen LogP contribution in [0.1, 0.15) is 46.0 Å². The molecule has 1 heterocycles. The summed E-state index contributed by atoms with van der Waals surface area (Å²) in [4.78, 5) is 4.50. The lowest BCUT2D eigenvalue weighted by Crippen LogP contribution is -2.42. The maximum atomic E-state index is 10.4. The summed E-state index contributed by atoms with van der Waals surface area (Å²) in [6, 6.07) is 0. The van der Waals surface area contributed by atoms with Gasteiger partial charge in [-0.15, -0.1) is 0 Å². The first kappa shape index (κ1) is 16.2. The number of ether oxygens (including phenoxy) is 1. The van der Waals surface area contributed by atoms with Gasteiger partial charge >= 0.3 is 0 Å². The second-order valence-corrected chi connectivity index (χ2v) is 5.17. The molecule has 1 fully saturated rings. The fourth-order valence-corrected chi connectivity index (χ4v) is 2.06. The molecule has 0 atom stereocenters. The molecule has 0 amide bonds. The van der Waals surface area contributed by atoms with Crippen LogP contribution in [0, 0.1) is 0 Å². The van der Waals surface area contributed by atoms with E-state index in [4.69, 9.17) is 4.74 Å². The number of rotatable bonds is 7. The van der Waals surface area contributed by atoms with Crippen LogP contribution in [0.2, 0.25) is 0 Å². The van der Waals surface area contributed by atoms with E-state index in [9.17, 15) is 5.11 Å². The summed E-state index contributed by atoms with van der Waals surface area (Å²) in [7, 11) is 0. The topological polar surface area (TPSA) is 65.9 Å². The Hall–Kier alpha value is -0.810. The number of hydrogen-bond donors (Lipinski definition) is 3. The summed E-state index contributed by atoms with van der Waals surface area (Å²) in [5.41, 5.74) is -0.690. The van der Waals surface area contributed by atoms with Gasteiger partial charge in [0.2, 0.25) is 0 Å². The van der Waals surface area contributed by atoms with Crippen LogP contribution in [0.4, 0.5) is 0 Å². The number of hydrogen-bond acceptors (Lipinski definition) is 3. The normalized spacial score (nSPS) is 19.2. The lowest BCUT2D eigenvalue weighted by Gasteiger charge is -2.30. The molecule has 0 aromatic rings. The molecule has 19 heavy (non-hydrogen) atoms. The van der Waals surface area contributed by atoms with Crippen molar-refractivity contribution in [3.63, 3.8) is 0 Å². The van der Waals surface area contributed by atoms with Gasteiger partial charge in [-0.2, -0.15) is 0 Å². The molecule has 0 bridgehead atoms. The van der Waals surface area contributed by atoms with Gasteiger partial charge in [-0.3, -0.25) is 4.99 Å². The number of unbranched alkanes of at least 4 members (excludes halogenated alkanes) is 2. The van der Waals surface area contributed by atoms with E-state index in [1.54, 1.807) is 0 Å². The molecule has 0 saturated carbocycles. The molecule has 0 aromatic carbocycles. The van der Waals surface area contributed by atoms with Crippen LogP contribution in [0.5, 0.6) is 0 Å². The van der Waals surface area contributed by atoms with E-state index in [2.05, 4.69) is 22.5 Å². The number of nitrogens with zero attached hydrogens (tertiary/aromatic N) is 1. The van der Waals surface area contributed by atoms with Gasteiger partial charge in [-0.25, -0.2) is 0 Å². The van der Waals surface area contributed by atoms with Crippen molar-refractivity contribution in [2.75, 3.05) is 32.8 Å². The summed E-state index contributed by atoms with van der Waals surface area (Å²) in [5, 5.41) is 16.9. The third kappa shape index (κ3) is 6.78. The fraction of sp³-hybridized carbons (Fsp3) is 0.929. The van der Waals surface area contributed by atoms with Crippen molar-refractivity contribution in [1.29, 1.82) is 0 Å². The second-order valence-electron chi connectivity index (χ2n) is 5.17. The molecule has 1 aliphatic rings. The molecule has 0 aliphatic carbocycles. The van der Waals surface area contributed by atoms with Crippen molar-refractivity contribution in [2.45, 2.75) is 51.6 Å². The highest BCUT2D eigenvalue weighted by Gasteiger charge is 2.29. The van der Waals surface area contributed by atoms with Crippen molar-refractivity contribution in [3.05, 3.63) is 0 Å². The highest BCUT2D eigenvalue weighted by molar-refractivity contribution is 5.79. The van der Waals surface area contributed by atoms with Gasteiger partial charge in [-0.05, 0) is 13.3 Å². The molecule has 1 aliphatic heterocycles. The Morgan fingerprint density at radius 2 is 1.95 bits per heavy atom. The van der Waals surface area contributed by atoms with Crippen LogP contribution in [-0.2, 0) is 4.74 Å². The molecule has 0 spiro atoms. The van der Waals surface area contributed by atoms with E-state index in [0.29, 0.717) is 32.6 Å². The maximum absolute atomic E-state index is 10.4. The maximum Gasteiger partial charge on any atom is 0.191 e. The van der Waals surface area contributed by atoms with Crippen molar-refractivity contribution in [1.82, 2.24) is 10.6 Å². The minimum atomic E-state index is -0.690. The average Bonchev–Trinajstić information content (AvgIpc) is 2.42. The predicted octanol–water partition coefficient (Wildman–Crippen LogP) is 1.27. The molecule has 5 heteroatoms. The summed E-state index contributed by atoms with van der Waals surface area (Å²) < 4.78 is 5.27. The van der Waals surface area contributed by atoms with Crippen LogP contribution in [0.15, 0.2) is 4.99 Å². The third-order valence-corrected chi connectivity index (χ3v) is 3.37. The second kappa shape index (κ2) is 9.15. The Morgan fingerprint density at radius 3 is 2.58 bits per heavy atom. The third-order valence-electron chi connectivity index (χ3n) is 3.37. The van der Waals surface area contributed by atoms with Crippen LogP contribution >= 0.6 is 0 Å². The first-order valence-corrected chi connectivity index (χ1v) is 7.52. The Kier molecular flexibility index (Phi) is 7.82. The van der Waals surface area contributed by atoms with Gasteiger partial charge < -0.3 is 20.5 Å². The Bertz CT molecular complexity index is 263. The number of aliphatic imine (C=N–C) groups is 1. The van der Waals surface area contributed by atoms with Crippen molar-refractivity contribution >= 4 is 5.96 Å². The SMILES string of the molecule is CCCCCNC(=NCC1(O)CCOCC1)NCC. The van der Waals surface area contributed by atoms with E-state index in [1.165, 1.54) is 12.8 Å². The minimum absolute atomic E-state index is 0.444. The number of nitrogens with one attached hydrogen (secondary N) is 2. The lowest BCUT2D eigenvalue weighted by atomic mass is 9.95. The quantitative estimate of drug-likeness (QED) is 0.371. The van der Waals surface area contributed by atoms with Gasteiger partial charge in [0.15, 0.2) is 5.96 Å². The molecule has 1 saturated heterocycles. The predicted molar refractivity (Wildman–Crippen MR) is 78.5 cm³/mol. The van der Waals surface area contributed by atoms with E-state index >= 15 is 0 Å². The van der Waals surface area contributed by atoms with Crippen molar-refractivity contribution in [3.8, 4) is 0 Å². The van der Waals surface area contributed by atoms with Gasteiger partial charge in [-0.1, -0.05) is 19.8 Å². The van der Waals surface area contributed by atoms with E-state index in [1.807, 2.05) is 6.92 Å². The molecule has 1 rings (SSSR count). The monoisotopic (exact) mass is 271 g/mol. The van der Waals surface area contributed by atoms with E-state index < -0.39 is 5.60 Å². The molecule has 3 N–H and O–H groups in total. The van der Waals surface area contributed by atoms with Gasteiger partial charge in [0.25, 0.3) is 0 Å². The molecular weight excluding hydrogens is 242 g/mol. The van der Waals surface area contributed by atoms with Crippen LogP contribution in [0.25, 0.3) is 0 Å². The van der Waals surface area contributed by atoms with Crippen LogP contribution in [-0.4, -0.2) is 49.5 Å². The summed E-state index contributed by atoms with van der Waals surface area (Å²) in [5.74, 6) is 0.804. The molecule has 0 aromatic heterocycles. The standard InChI is InChI=1S/C14H29N3O2/c1-3-5-6-9-16-13(15-4-2)17-12-14(18)7-10-19-11-8-14/h18H,3-12H2,1-2H3,(H2,15,16,17). The molecule has 0 radical (unpaired) electrons. The molecule has 0 unspecified atom stereocenters. The van der Waals surface area contributed by atoms with Crippen LogP contribution in [0.3, 0.4) is 0 Å². The smallest absolute Gasteiger partial charge is 0.191 e. The first-order valence-electron chi connectivity index (χ1n) is 7.52. The number of guanidine groups is 1.